The maximum absolute atomic E-state index is 10.9. The van der Waals surface area contributed by atoms with Crippen molar-refractivity contribution in [2.24, 2.45) is 11.8 Å². The normalized spacial score (nSPS) is 29.8. The van der Waals surface area contributed by atoms with Gasteiger partial charge in [0.15, 0.2) is 0 Å². The van der Waals surface area contributed by atoms with Crippen LogP contribution in [0.2, 0.25) is 0 Å². The summed E-state index contributed by atoms with van der Waals surface area (Å²) in [6.07, 6.45) is 0. The average molecular weight is 158 g/mol. The third-order valence-corrected chi connectivity index (χ3v) is 1.88. The van der Waals surface area contributed by atoms with Crippen molar-refractivity contribution in [3.05, 3.63) is 0 Å². The molecule has 0 amide bonds. The Labute approximate surface area is 64.5 Å². The summed E-state index contributed by atoms with van der Waals surface area (Å²) in [6, 6.07) is 0. The van der Waals surface area contributed by atoms with Gasteiger partial charge < -0.3 is 9.47 Å². The molecule has 0 bridgehead atoms. The number of hydrogen-bond donors (Lipinski definition) is 0. The van der Waals surface area contributed by atoms with Gasteiger partial charge in [-0.3, -0.25) is 9.59 Å². The molecule has 1 aliphatic heterocycles. The lowest BCUT2D eigenvalue weighted by Gasteiger charge is -2.06. The summed E-state index contributed by atoms with van der Waals surface area (Å²) < 4.78 is 9.14. The first-order valence-corrected chi connectivity index (χ1v) is 3.41. The minimum absolute atomic E-state index is 0.159. The highest BCUT2D eigenvalue weighted by Crippen LogP contribution is 2.22. The molecule has 1 saturated heterocycles. The van der Waals surface area contributed by atoms with Crippen LogP contribution in [0.4, 0.5) is 0 Å². The number of methoxy groups -OCH3 is 1. The summed E-state index contributed by atoms with van der Waals surface area (Å²) >= 11 is 0. The van der Waals surface area contributed by atoms with Gasteiger partial charge in [0, 0.05) is 0 Å². The largest absolute Gasteiger partial charge is 0.469 e. The lowest BCUT2D eigenvalue weighted by atomic mass is 9.98. The van der Waals surface area contributed by atoms with Crippen LogP contribution in [0.3, 0.4) is 0 Å². The molecular weight excluding hydrogens is 148 g/mol. The van der Waals surface area contributed by atoms with E-state index in [2.05, 4.69) is 9.47 Å². The van der Waals surface area contributed by atoms with E-state index in [9.17, 15) is 9.59 Å². The molecule has 0 aromatic carbocycles. The molecule has 0 saturated carbocycles. The van der Waals surface area contributed by atoms with Crippen LogP contribution in [0.25, 0.3) is 0 Å². The fourth-order valence-corrected chi connectivity index (χ4v) is 1.04. The average Bonchev–Trinajstić information content (AvgIpc) is 2.32. The van der Waals surface area contributed by atoms with Crippen molar-refractivity contribution in [2.45, 2.75) is 6.92 Å². The Kier molecular flexibility index (Phi) is 2.12. The Bertz CT molecular complexity index is 187. The zero-order valence-electron chi connectivity index (χ0n) is 6.49. The molecule has 0 radical (unpaired) electrons. The molecule has 1 rings (SSSR count). The van der Waals surface area contributed by atoms with Crippen LogP contribution < -0.4 is 0 Å². The summed E-state index contributed by atoms with van der Waals surface area (Å²) in [7, 11) is 1.30. The van der Waals surface area contributed by atoms with E-state index in [-0.39, 0.29) is 24.5 Å². The van der Waals surface area contributed by atoms with E-state index in [1.807, 2.05) is 0 Å². The van der Waals surface area contributed by atoms with Crippen LogP contribution in [-0.2, 0) is 19.1 Å². The van der Waals surface area contributed by atoms with Crippen molar-refractivity contribution in [3.63, 3.8) is 0 Å². The monoisotopic (exact) mass is 158 g/mol. The summed E-state index contributed by atoms with van der Waals surface area (Å²) in [5.41, 5.74) is 0. The second-order valence-electron chi connectivity index (χ2n) is 2.55. The topological polar surface area (TPSA) is 52.6 Å². The van der Waals surface area contributed by atoms with Crippen molar-refractivity contribution in [3.8, 4) is 0 Å². The van der Waals surface area contributed by atoms with Gasteiger partial charge in [-0.15, -0.1) is 0 Å². The summed E-state index contributed by atoms with van der Waals surface area (Å²) in [5, 5.41) is 0. The molecule has 0 spiro atoms. The fraction of sp³-hybridized carbons (Fsp3) is 0.714. The molecule has 62 valence electrons. The van der Waals surface area contributed by atoms with E-state index in [4.69, 9.17) is 0 Å². The standard InChI is InChI=1S/C7H10O4/c1-4-5(7(9)10-2)3-11-6(4)8/h4-5H,3H2,1-2H3/t4-,5-/m0/s1. The molecule has 1 aliphatic rings. The molecule has 1 fully saturated rings. The third-order valence-electron chi connectivity index (χ3n) is 1.88. The summed E-state index contributed by atoms with van der Waals surface area (Å²) in [4.78, 5) is 21.7. The van der Waals surface area contributed by atoms with Crippen molar-refractivity contribution < 1.29 is 19.1 Å². The molecule has 2 atom stereocenters. The molecule has 4 nitrogen and oxygen atoms in total. The van der Waals surface area contributed by atoms with E-state index in [1.165, 1.54) is 7.11 Å². The maximum Gasteiger partial charge on any atom is 0.313 e. The number of carbonyl (C=O) groups is 2. The number of cyclic esters (lactones) is 1. The van der Waals surface area contributed by atoms with Gasteiger partial charge >= 0.3 is 11.9 Å². The number of esters is 2. The lowest BCUT2D eigenvalue weighted by molar-refractivity contribution is -0.147. The molecule has 0 aromatic rings. The van der Waals surface area contributed by atoms with E-state index in [1.54, 1.807) is 6.92 Å². The first-order valence-electron chi connectivity index (χ1n) is 3.41. The molecule has 0 aliphatic carbocycles. The Hall–Kier alpha value is -1.06. The van der Waals surface area contributed by atoms with Crippen LogP contribution >= 0.6 is 0 Å². The van der Waals surface area contributed by atoms with Crippen molar-refractivity contribution in [2.75, 3.05) is 13.7 Å². The Morgan fingerprint density at radius 1 is 1.73 bits per heavy atom. The molecular formula is C7H10O4. The minimum atomic E-state index is -0.410. The van der Waals surface area contributed by atoms with Gasteiger partial charge in [0.25, 0.3) is 0 Å². The van der Waals surface area contributed by atoms with E-state index >= 15 is 0 Å². The SMILES string of the molecule is COC(=O)[C@H]1COC(=O)[C@H]1C. The van der Waals surface area contributed by atoms with Crippen LogP contribution in [0.5, 0.6) is 0 Å². The lowest BCUT2D eigenvalue weighted by Crippen LogP contribution is -2.22. The van der Waals surface area contributed by atoms with Crippen LogP contribution in [0.1, 0.15) is 6.92 Å². The van der Waals surface area contributed by atoms with E-state index < -0.39 is 5.92 Å². The molecule has 0 N–H and O–H groups in total. The Morgan fingerprint density at radius 3 is 2.73 bits per heavy atom. The van der Waals surface area contributed by atoms with Gasteiger partial charge in [0.1, 0.15) is 12.5 Å². The second-order valence-corrected chi connectivity index (χ2v) is 2.55. The molecule has 1 heterocycles. The van der Waals surface area contributed by atoms with Crippen LogP contribution in [0.15, 0.2) is 0 Å². The number of ether oxygens (including phenoxy) is 2. The molecule has 0 unspecified atom stereocenters. The van der Waals surface area contributed by atoms with Crippen molar-refractivity contribution in [1.29, 1.82) is 0 Å². The highest BCUT2D eigenvalue weighted by molar-refractivity contribution is 5.84. The fourth-order valence-electron chi connectivity index (χ4n) is 1.04. The Morgan fingerprint density at radius 2 is 2.36 bits per heavy atom. The smallest absolute Gasteiger partial charge is 0.313 e. The first-order chi connectivity index (χ1) is 5.16. The predicted octanol–water partition coefficient (Wildman–Crippen LogP) is -0.0315. The Balaban J connectivity index is 2.61. The number of rotatable bonds is 1. The van der Waals surface area contributed by atoms with E-state index in [0.717, 1.165) is 0 Å². The molecule has 4 heteroatoms. The van der Waals surface area contributed by atoms with Gasteiger partial charge in [-0.25, -0.2) is 0 Å². The van der Waals surface area contributed by atoms with Gasteiger partial charge in [0.05, 0.1) is 13.0 Å². The maximum atomic E-state index is 10.9. The zero-order chi connectivity index (χ0) is 8.43. The predicted molar refractivity (Wildman–Crippen MR) is 35.6 cm³/mol. The first kappa shape index (κ1) is 8.04. The van der Waals surface area contributed by atoms with Crippen LogP contribution in [0, 0.1) is 11.8 Å². The summed E-state index contributed by atoms with van der Waals surface area (Å²) in [5.74, 6) is -1.46. The minimum Gasteiger partial charge on any atom is -0.469 e. The van der Waals surface area contributed by atoms with Crippen molar-refractivity contribution in [1.82, 2.24) is 0 Å². The third kappa shape index (κ3) is 1.34. The highest BCUT2D eigenvalue weighted by atomic mass is 16.6. The number of carbonyl (C=O) groups excluding carboxylic acids is 2. The van der Waals surface area contributed by atoms with Gasteiger partial charge in [-0.1, -0.05) is 6.92 Å². The van der Waals surface area contributed by atoms with Gasteiger partial charge in [0.2, 0.25) is 0 Å². The zero-order valence-corrected chi connectivity index (χ0v) is 6.49. The van der Waals surface area contributed by atoms with Crippen molar-refractivity contribution >= 4 is 11.9 Å². The van der Waals surface area contributed by atoms with E-state index in [0.29, 0.717) is 0 Å². The highest BCUT2D eigenvalue weighted by Gasteiger charge is 2.38. The molecule has 11 heavy (non-hydrogen) atoms. The molecule has 0 aromatic heterocycles. The summed E-state index contributed by atoms with van der Waals surface area (Å²) in [6.45, 7) is 1.82. The second kappa shape index (κ2) is 2.90. The van der Waals surface area contributed by atoms with Gasteiger partial charge in [-0.2, -0.15) is 0 Å². The van der Waals surface area contributed by atoms with Gasteiger partial charge in [-0.05, 0) is 0 Å². The van der Waals surface area contributed by atoms with Crippen LogP contribution in [-0.4, -0.2) is 25.7 Å². The number of hydrogen-bond acceptors (Lipinski definition) is 4. The quantitative estimate of drug-likeness (QED) is 0.503.